The molecular formula is C9H5FO3. The number of rotatable bonds is 0. The van der Waals surface area contributed by atoms with Crippen LogP contribution in [-0.4, -0.2) is 5.11 Å². The first-order chi connectivity index (χ1) is 6.18. The van der Waals surface area contributed by atoms with Gasteiger partial charge in [-0.05, 0) is 12.1 Å². The van der Waals surface area contributed by atoms with Crippen LogP contribution in [0.1, 0.15) is 0 Å². The number of hydrogen-bond acceptors (Lipinski definition) is 3. The summed E-state index contributed by atoms with van der Waals surface area (Å²) >= 11 is 0. The molecule has 1 heterocycles. The summed E-state index contributed by atoms with van der Waals surface area (Å²) in [4.78, 5) is 11.1. The van der Waals surface area contributed by atoms with E-state index in [-0.39, 0.29) is 16.7 Å². The highest BCUT2D eigenvalue weighted by Crippen LogP contribution is 2.17. The topological polar surface area (TPSA) is 50.4 Å². The molecule has 0 amide bonds. The zero-order chi connectivity index (χ0) is 9.42. The molecule has 0 aliphatic rings. The molecule has 0 saturated heterocycles. The number of fused-ring (bicyclic) bond motifs is 1. The largest absolute Gasteiger partial charge is 0.508 e. The van der Waals surface area contributed by atoms with E-state index in [1.54, 1.807) is 0 Å². The van der Waals surface area contributed by atoms with Crippen molar-refractivity contribution >= 4 is 11.0 Å². The Labute approximate surface area is 72.0 Å². The summed E-state index contributed by atoms with van der Waals surface area (Å²) in [5.74, 6) is -0.958. The van der Waals surface area contributed by atoms with Crippen LogP contribution in [0.15, 0.2) is 33.7 Å². The van der Waals surface area contributed by atoms with E-state index in [4.69, 9.17) is 9.52 Å². The molecule has 4 heteroatoms. The summed E-state index contributed by atoms with van der Waals surface area (Å²) in [6.45, 7) is 0. The number of benzene rings is 1. The van der Waals surface area contributed by atoms with E-state index in [0.29, 0.717) is 0 Å². The summed E-state index contributed by atoms with van der Waals surface area (Å²) in [5, 5.41) is 9.16. The average molecular weight is 180 g/mol. The molecule has 0 spiro atoms. The molecule has 0 aliphatic heterocycles. The molecule has 0 aliphatic carbocycles. The molecule has 1 aromatic carbocycles. The van der Waals surface area contributed by atoms with Gasteiger partial charge < -0.3 is 9.52 Å². The summed E-state index contributed by atoms with van der Waals surface area (Å²) in [6, 6.07) is 3.88. The molecule has 1 aromatic heterocycles. The number of halogens is 1. The number of phenols is 1. The van der Waals surface area contributed by atoms with Gasteiger partial charge in [-0.3, -0.25) is 4.79 Å². The van der Waals surface area contributed by atoms with E-state index in [2.05, 4.69) is 0 Å². The molecule has 0 unspecified atom stereocenters. The van der Waals surface area contributed by atoms with Gasteiger partial charge in [0.25, 0.3) is 0 Å². The Morgan fingerprint density at radius 2 is 2.15 bits per heavy atom. The zero-order valence-electron chi connectivity index (χ0n) is 6.45. The van der Waals surface area contributed by atoms with Crippen LogP contribution in [0.25, 0.3) is 11.0 Å². The van der Waals surface area contributed by atoms with Crippen LogP contribution >= 0.6 is 0 Å². The van der Waals surface area contributed by atoms with Gasteiger partial charge in [-0.2, -0.15) is 4.39 Å². The fraction of sp³-hybridized carbons (Fsp3) is 0. The van der Waals surface area contributed by atoms with E-state index in [1.807, 2.05) is 0 Å². The maximum atomic E-state index is 12.7. The smallest absolute Gasteiger partial charge is 0.228 e. The summed E-state index contributed by atoms with van der Waals surface area (Å²) < 4.78 is 17.4. The van der Waals surface area contributed by atoms with Crippen LogP contribution in [0.5, 0.6) is 5.75 Å². The van der Waals surface area contributed by atoms with Crippen molar-refractivity contribution < 1.29 is 13.9 Å². The molecule has 2 rings (SSSR count). The third-order valence-electron chi connectivity index (χ3n) is 1.72. The number of aromatic hydroxyl groups is 1. The fourth-order valence-electron chi connectivity index (χ4n) is 1.09. The minimum atomic E-state index is -0.932. The van der Waals surface area contributed by atoms with E-state index < -0.39 is 11.2 Å². The van der Waals surface area contributed by atoms with Gasteiger partial charge in [0, 0.05) is 6.07 Å². The molecule has 0 fully saturated rings. The SMILES string of the molecule is O=c1c(F)coc2cc(O)ccc12. The Balaban J connectivity index is 2.95. The standard InChI is InChI=1S/C9H5FO3/c10-7-4-13-8-3-5(11)1-2-6(8)9(7)12/h1-4,11H. The molecule has 2 aromatic rings. The Bertz CT molecular complexity index is 516. The number of phenolic OH excluding ortho intramolecular Hbond substituents is 1. The van der Waals surface area contributed by atoms with Gasteiger partial charge in [0.2, 0.25) is 11.2 Å². The first-order valence-electron chi connectivity index (χ1n) is 3.58. The first kappa shape index (κ1) is 7.79. The van der Waals surface area contributed by atoms with Gasteiger partial charge in [0.05, 0.1) is 5.39 Å². The maximum Gasteiger partial charge on any atom is 0.228 e. The summed E-state index contributed by atoms with van der Waals surface area (Å²) in [5.41, 5.74) is -0.548. The van der Waals surface area contributed by atoms with Gasteiger partial charge in [0.15, 0.2) is 0 Å². The van der Waals surface area contributed by atoms with E-state index >= 15 is 0 Å². The van der Waals surface area contributed by atoms with Crippen molar-refractivity contribution in [3.63, 3.8) is 0 Å². The second kappa shape index (κ2) is 2.58. The summed E-state index contributed by atoms with van der Waals surface area (Å²) in [7, 11) is 0. The van der Waals surface area contributed by atoms with Crippen LogP contribution in [0.4, 0.5) is 4.39 Å². The van der Waals surface area contributed by atoms with Crippen molar-refractivity contribution in [2.75, 3.05) is 0 Å². The van der Waals surface area contributed by atoms with Crippen LogP contribution in [0.2, 0.25) is 0 Å². The zero-order valence-corrected chi connectivity index (χ0v) is 6.45. The quantitative estimate of drug-likeness (QED) is 0.670. The van der Waals surface area contributed by atoms with Crippen molar-refractivity contribution in [1.82, 2.24) is 0 Å². The normalized spacial score (nSPS) is 10.5. The molecule has 0 bridgehead atoms. The van der Waals surface area contributed by atoms with Crippen LogP contribution in [0, 0.1) is 5.82 Å². The Morgan fingerprint density at radius 3 is 2.92 bits per heavy atom. The van der Waals surface area contributed by atoms with Gasteiger partial charge >= 0.3 is 0 Å². The van der Waals surface area contributed by atoms with Crippen molar-refractivity contribution in [3.05, 3.63) is 40.5 Å². The second-order valence-corrected chi connectivity index (χ2v) is 2.59. The lowest BCUT2D eigenvalue weighted by molar-refractivity contribution is 0.472. The van der Waals surface area contributed by atoms with Gasteiger partial charge in [0.1, 0.15) is 17.6 Å². The second-order valence-electron chi connectivity index (χ2n) is 2.59. The van der Waals surface area contributed by atoms with Crippen molar-refractivity contribution in [3.8, 4) is 5.75 Å². The molecule has 13 heavy (non-hydrogen) atoms. The summed E-state index contributed by atoms with van der Waals surface area (Å²) in [6.07, 6.45) is 0.726. The Morgan fingerprint density at radius 1 is 1.38 bits per heavy atom. The molecule has 66 valence electrons. The lowest BCUT2D eigenvalue weighted by Gasteiger charge is -1.96. The molecule has 0 atom stereocenters. The fourth-order valence-corrected chi connectivity index (χ4v) is 1.09. The lowest BCUT2D eigenvalue weighted by atomic mass is 10.2. The Kier molecular flexibility index (Phi) is 1.55. The maximum absolute atomic E-state index is 12.7. The van der Waals surface area contributed by atoms with Crippen molar-refractivity contribution in [1.29, 1.82) is 0 Å². The average Bonchev–Trinajstić information content (AvgIpc) is 2.12. The minimum absolute atomic E-state index is 0.0257. The Hall–Kier alpha value is -1.84. The van der Waals surface area contributed by atoms with Gasteiger partial charge in [-0.15, -0.1) is 0 Å². The van der Waals surface area contributed by atoms with Crippen LogP contribution in [-0.2, 0) is 0 Å². The minimum Gasteiger partial charge on any atom is -0.508 e. The van der Waals surface area contributed by atoms with Crippen LogP contribution in [0.3, 0.4) is 0 Å². The third kappa shape index (κ3) is 1.16. The predicted molar refractivity (Wildman–Crippen MR) is 44.1 cm³/mol. The van der Waals surface area contributed by atoms with E-state index in [9.17, 15) is 9.18 Å². The molecule has 3 nitrogen and oxygen atoms in total. The van der Waals surface area contributed by atoms with Crippen LogP contribution < -0.4 is 5.43 Å². The highest BCUT2D eigenvalue weighted by molar-refractivity contribution is 5.77. The van der Waals surface area contributed by atoms with Gasteiger partial charge in [-0.1, -0.05) is 0 Å². The van der Waals surface area contributed by atoms with Gasteiger partial charge in [-0.25, -0.2) is 0 Å². The monoisotopic (exact) mass is 180 g/mol. The molecule has 0 saturated carbocycles. The van der Waals surface area contributed by atoms with Crippen molar-refractivity contribution in [2.24, 2.45) is 0 Å². The first-order valence-corrected chi connectivity index (χ1v) is 3.58. The lowest BCUT2D eigenvalue weighted by Crippen LogP contribution is -2.04. The predicted octanol–water partition coefficient (Wildman–Crippen LogP) is 1.64. The van der Waals surface area contributed by atoms with E-state index in [0.717, 1.165) is 6.26 Å². The molecule has 1 N–H and O–H groups in total. The van der Waals surface area contributed by atoms with E-state index in [1.165, 1.54) is 18.2 Å². The molecule has 0 radical (unpaired) electrons. The highest BCUT2D eigenvalue weighted by Gasteiger charge is 2.05. The number of hydrogen-bond donors (Lipinski definition) is 1. The highest BCUT2D eigenvalue weighted by atomic mass is 19.1. The molecular weight excluding hydrogens is 175 g/mol. The van der Waals surface area contributed by atoms with Crippen molar-refractivity contribution in [2.45, 2.75) is 0 Å². The third-order valence-corrected chi connectivity index (χ3v) is 1.72.